The van der Waals surface area contributed by atoms with Gasteiger partial charge in [-0.15, -0.1) is 11.8 Å². The maximum Gasteiger partial charge on any atom is 0.329 e. The lowest BCUT2D eigenvalue weighted by Crippen LogP contribution is -2.51. The highest BCUT2D eigenvalue weighted by Gasteiger charge is 2.34. The van der Waals surface area contributed by atoms with Crippen molar-refractivity contribution in [3.05, 3.63) is 28.7 Å². The Hall–Kier alpha value is -1.54. The Morgan fingerprint density at radius 1 is 1.39 bits per heavy atom. The molecule has 0 spiro atoms. The molecule has 0 radical (unpaired) electrons. The lowest BCUT2D eigenvalue weighted by Gasteiger charge is -2.27. The van der Waals surface area contributed by atoms with Gasteiger partial charge in [0.15, 0.2) is 0 Å². The Morgan fingerprint density at radius 2 is 2.09 bits per heavy atom. The summed E-state index contributed by atoms with van der Waals surface area (Å²) in [6, 6.07) is 6.54. The molecule has 1 saturated heterocycles. The molecule has 2 atom stereocenters. The second-order valence-electron chi connectivity index (χ2n) is 4.89. The molecule has 1 fully saturated rings. The highest BCUT2D eigenvalue weighted by molar-refractivity contribution is 9.10. The minimum Gasteiger partial charge on any atom is -0.464 e. The van der Waals surface area contributed by atoms with Crippen molar-refractivity contribution < 1.29 is 19.1 Å². The molecule has 6 nitrogen and oxygen atoms in total. The fraction of sp³-hybridized carbons (Fsp3) is 0.400. The summed E-state index contributed by atoms with van der Waals surface area (Å²) < 4.78 is 5.80. The van der Waals surface area contributed by atoms with Crippen LogP contribution in [0.15, 0.2) is 28.7 Å². The average Bonchev–Trinajstić information content (AvgIpc) is 2.52. The fourth-order valence-electron chi connectivity index (χ4n) is 2.03. The predicted octanol–water partition coefficient (Wildman–Crippen LogP) is 1.94. The number of halogens is 1. The van der Waals surface area contributed by atoms with Crippen molar-refractivity contribution in [2.24, 2.45) is 0 Å². The number of benzene rings is 1. The number of hydrogen-bond donors (Lipinski definition) is 2. The Labute approximate surface area is 146 Å². The molecule has 2 rings (SSSR count). The van der Waals surface area contributed by atoms with E-state index in [2.05, 4.69) is 26.6 Å². The first-order valence-electron chi connectivity index (χ1n) is 7.13. The van der Waals surface area contributed by atoms with Gasteiger partial charge in [0.05, 0.1) is 11.9 Å². The van der Waals surface area contributed by atoms with Gasteiger partial charge in [0, 0.05) is 22.3 Å². The Balaban J connectivity index is 1.84. The molecular formula is C15H17BrN2O4S. The number of carbonyl (C=O) groups excluding carboxylic acids is 3. The molecule has 0 aromatic heterocycles. The molecule has 1 aliphatic heterocycles. The predicted molar refractivity (Wildman–Crippen MR) is 92.2 cm³/mol. The number of rotatable bonds is 5. The molecule has 2 amide bonds. The van der Waals surface area contributed by atoms with Gasteiger partial charge in [-0.3, -0.25) is 9.59 Å². The van der Waals surface area contributed by atoms with Crippen LogP contribution in [0.1, 0.15) is 13.3 Å². The van der Waals surface area contributed by atoms with E-state index in [1.54, 1.807) is 19.1 Å². The second-order valence-corrected chi connectivity index (χ2v) is 7.05. The standard InChI is InChI=1S/C15H17BrN2O4S/c1-2-22-15(21)11-8-23-12(14(20)18-11)7-13(19)17-10-5-3-9(16)4-6-10/h3-6,11-12H,2,7-8H2,1H3,(H,17,19)(H,18,20)/t11-,12-/m0/s1. The Kier molecular flexibility index (Phi) is 6.47. The first-order valence-corrected chi connectivity index (χ1v) is 8.97. The number of nitrogens with one attached hydrogen (secondary N) is 2. The van der Waals surface area contributed by atoms with E-state index in [0.29, 0.717) is 11.4 Å². The number of thioether (sulfide) groups is 1. The zero-order chi connectivity index (χ0) is 16.8. The van der Waals surface area contributed by atoms with E-state index in [0.717, 1.165) is 4.47 Å². The minimum atomic E-state index is -0.641. The zero-order valence-corrected chi connectivity index (χ0v) is 14.9. The molecule has 23 heavy (non-hydrogen) atoms. The van der Waals surface area contributed by atoms with Gasteiger partial charge in [-0.2, -0.15) is 0 Å². The van der Waals surface area contributed by atoms with Crippen LogP contribution in [0.2, 0.25) is 0 Å². The summed E-state index contributed by atoms with van der Waals surface area (Å²) >= 11 is 4.61. The van der Waals surface area contributed by atoms with Gasteiger partial charge in [-0.25, -0.2) is 4.79 Å². The van der Waals surface area contributed by atoms with Crippen LogP contribution < -0.4 is 10.6 Å². The van der Waals surface area contributed by atoms with Gasteiger partial charge >= 0.3 is 5.97 Å². The van der Waals surface area contributed by atoms with Crippen molar-refractivity contribution in [2.45, 2.75) is 24.6 Å². The van der Waals surface area contributed by atoms with Crippen molar-refractivity contribution in [1.82, 2.24) is 5.32 Å². The first kappa shape index (κ1) is 17.8. The third kappa shape index (κ3) is 5.24. The van der Waals surface area contributed by atoms with E-state index < -0.39 is 17.3 Å². The summed E-state index contributed by atoms with van der Waals surface area (Å²) in [6.07, 6.45) is 0.0576. The van der Waals surface area contributed by atoms with Crippen molar-refractivity contribution >= 4 is 51.2 Å². The van der Waals surface area contributed by atoms with Crippen molar-refractivity contribution in [1.29, 1.82) is 0 Å². The number of ether oxygens (including phenoxy) is 1. The molecule has 1 heterocycles. The molecular weight excluding hydrogens is 384 g/mol. The average molecular weight is 401 g/mol. The number of anilines is 1. The van der Waals surface area contributed by atoms with E-state index in [9.17, 15) is 14.4 Å². The smallest absolute Gasteiger partial charge is 0.329 e. The number of esters is 1. The Morgan fingerprint density at radius 3 is 2.70 bits per heavy atom. The Bertz CT molecular complexity index is 594. The summed E-state index contributed by atoms with van der Waals surface area (Å²) in [5.41, 5.74) is 0.670. The van der Waals surface area contributed by atoms with E-state index in [1.165, 1.54) is 11.8 Å². The quantitative estimate of drug-likeness (QED) is 0.737. The largest absolute Gasteiger partial charge is 0.464 e. The third-order valence-electron chi connectivity index (χ3n) is 3.14. The van der Waals surface area contributed by atoms with Crippen LogP contribution in [0.3, 0.4) is 0 Å². The van der Waals surface area contributed by atoms with Crippen LogP contribution >= 0.6 is 27.7 Å². The highest BCUT2D eigenvalue weighted by Crippen LogP contribution is 2.22. The van der Waals surface area contributed by atoms with Crippen molar-refractivity contribution in [3.63, 3.8) is 0 Å². The summed E-state index contributed by atoms with van der Waals surface area (Å²) in [4.78, 5) is 35.6. The summed E-state index contributed by atoms with van der Waals surface area (Å²) in [5.74, 6) is -0.591. The fourth-order valence-corrected chi connectivity index (χ4v) is 3.43. The number of amides is 2. The molecule has 124 valence electrons. The van der Waals surface area contributed by atoms with Crippen molar-refractivity contribution in [3.8, 4) is 0 Å². The van der Waals surface area contributed by atoms with E-state index in [1.807, 2.05) is 12.1 Å². The van der Waals surface area contributed by atoms with Crippen LogP contribution in [-0.4, -0.2) is 41.4 Å². The van der Waals surface area contributed by atoms with Crippen LogP contribution in [-0.2, 0) is 19.1 Å². The van der Waals surface area contributed by atoms with Gasteiger partial charge in [0.1, 0.15) is 6.04 Å². The van der Waals surface area contributed by atoms with Gasteiger partial charge < -0.3 is 15.4 Å². The molecule has 0 aliphatic carbocycles. The molecule has 2 N–H and O–H groups in total. The first-order chi connectivity index (χ1) is 11.0. The van der Waals surface area contributed by atoms with Crippen molar-refractivity contribution in [2.75, 3.05) is 17.7 Å². The van der Waals surface area contributed by atoms with Gasteiger partial charge in [-0.05, 0) is 31.2 Å². The van der Waals surface area contributed by atoms with E-state index in [4.69, 9.17) is 4.74 Å². The SMILES string of the molecule is CCOC(=O)[C@@H]1CS[C@@H](CC(=O)Nc2ccc(Br)cc2)C(=O)N1. The molecule has 1 aromatic carbocycles. The molecule has 8 heteroatoms. The zero-order valence-electron chi connectivity index (χ0n) is 12.5. The van der Waals surface area contributed by atoms with E-state index >= 15 is 0 Å². The summed E-state index contributed by atoms with van der Waals surface area (Å²) in [6.45, 7) is 1.99. The van der Waals surface area contributed by atoms with Gasteiger partial charge in [-0.1, -0.05) is 15.9 Å². The monoisotopic (exact) mass is 400 g/mol. The molecule has 0 unspecified atom stereocenters. The second kappa shape index (κ2) is 8.35. The maximum atomic E-state index is 12.0. The molecule has 1 aliphatic rings. The molecule has 0 bridgehead atoms. The normalized spacial score (nSPS) is 20.5. The lowest BCUT2D eigenvalue weighted by atomic mass is 10.2. The summed E-state index contributed by atoms with van der Waals surface area (Å²) in [7, 11) is 0. The summed E-state index contributed by atoms with van der Waals surface area (Å²) in [5, 5.41) is 4.85. The van der Waals surface area contributed by atoms with Gasteiger partial charge in [0.2, 0.25) is 11.8 Å². The van der Waals surface area contributed by atoms with Crippen LogP contribution in [0.25, 0.3) is 0 Å². The molecule has 1 aromatic rings. The molecule has 0 saturated carbocycles. The van der Waals surface area contributed by atoms with Crippen LogP contribution in [0.4, 0.5) is 5.69 Å². The lowest BCUT2D eigenvalue weighted by molar-refractivity contribution is -0.146. The topological polar surface area (TPSA) is 84.5 Å². The maximum absolute atomic E-state index is 12.0. The highest BCUT2D eigenvalue weighted by atomic mass is 79.9. The third-order valence-corrected chi connectivity index (χ3v) is 4.98. The van der Waals surface area contributed by atoms with Crippen LogP contribution in [0.5, 0.6) is 0 Å². The van der Waals surface area contributed by atoms with E-state index in [-0.39, 0.29) is 24.8 Å². The van der Waals surface area contributed by atoms with Gasteiger partial charge in [0.25, 0.3) is 0 Å². The minimum absolute atomic E-state index is 0.0576. The van der Waals surface area contributed by atoms with Crippen LogP contribution in [0, 0.1) is 0 Å². The number of hydrogen-bond acceptors (Lipinski definition) is 5. The number of carbonyl (C=O) groups is 3.